The summed E-state index contributed by atoms with van der Waals surface area (Å²) >= 11 is 0. The number of rotatable bonds is 6. The molecule has 0 aliphatic carbocycles. The van der Waals surface area contributed by atoms with Crippen molar-refractivity contribution in [2.24, 2.45) is 0 Å². The van der Waals surface area contributed by atoms with Gasteiger partial charge in [-0.05, 0) is 43.2 Å². The fraction of sp³-hybridized carbons (Fsp3) is 0.235. The van der Waals surface area contributed by atoms with Gasteiger partial charge in [0, 0.05) is 18.2 Å². The largest absolute Gasteiger partial charge is 0.352 e. The van der Waals surface area contributed by atoms with E-state index >= 15 is 0 Å². The van der Waals surface area contributed by atoms with E-state index in [1.165, 1.54) is 18.2 Å². The average molecular weight is 368 g/mol. The molecule has 8 heteroatoms. The number of hydrogen-bond donors (Lipinski definition) is 2. The van der Waals surface area contributed by atoms with Crippen LogP contribution in [0.4, 0.5) is 14.5 Å². The predicted molar refractivity (Wildman–Crippen MR) is 91.0 cm³/mol. The lowest BCUT2D eigenvalue weighted by Crippen LogP contribution is -2.25. The molecular weight excluding hydrogens is 350 g/mol. The lowest BCUT2D eigenvalue weighted by atomic mass is 10.1. The van der Waals surface area contributed by atoms with Crippen molar-refractivity contribution in [1.29, 1.82) is 0 Å². The molecule has 0 unspecified atom stereocenters. The first-order chi connectivity index (χ1) is 11.7. The minimum atomic E-state index is -4.13. The van der Waals surface area contributed by atoms with Gasteiger partial charge in [0.25, 0.3) is 15.9 Å². The maximum absolute atomic E-state index is 13.7. The topological polar surface area (TPSA) is 75.3 Å². The van der Waals surface area contributed by atoms with Crippen molar-refractivity contribution in [1.82, 2.24) is 5.32 Å². The van der Waals surface area contributed by atoms with Crippen molar-refractivity contribution >= 4 is 21.6 Å². The maximum atomic E-state index is 13.7. The quantitative estimate of drug-likeness (QED) is 0.822. The van der Waals surface area contributed by atoms with Crippen LogP contribution in [-0.4, -0.2) is 20.9 Å². The Hall–Kier alpha value is -2.48. The Morgan fingerprint density at radius 2 is 1.84 bits per heavy atom. The van der Waals surface area contributed by atoms with Gasteiger partial charge >= 0.3 is 0 Å². The highest BCUT2D eigenvalue weighted by molar-refractivity contribution is 7.92. The molecule has 2 aromatic rings. The van der Waals surface area contributed by atoms with E-state index < -0.39 is 21.7 Å². The van der Waals surface area contributed by atoms with Gasteiger partial charge in [-0.2, -0.15) is 0 Å². The molecular formula is C17H18F2N2O3S. The monoisotopic (exact) mass is 368 g/mol. The molecule has 0 aliphatic rings. The van der Waals surface area contributed by atoms with Gasteiger partial charge in [-0.1, -0.05) is 13.0 Å². The van der Waals surface area contributed by atoms with Crippen LogP contribution in [-0.2, 0) is 10.0 Å². The van der Waals surface area contributed by atoms with E-state index in [9.17, 15) is 22.0 Å². The second-order valence-corrected chi connectivity index (χ2v) is 7.14. The third kappa shape index (κ3) is 4.54. The fourth-order valence-electron chi connectivity index (χ4n) is 2.12. The van der Waals surface area contributed by atoms with Crippen LogP contribution in [0.2, 0.25) is 0 Å². The van der Waals surface area contributed by atoms with E-state index in [0.717, 1.165) is 18.6 Å². The molecule has 0 bridgehead atoms. The lowest BCUT2D eigenvalue weighted by Gasteiger charge is -2.12. The minimum absolute atomic E-state index is 0.191. The Balaban J connectivity index is 2.34. The summed E-state index contributed by atoms with van der Waals surface area (Å²) in [6.45, 7) is 4.05. The van der Waals surface area contributed by atoms with Crippen LogP contribution in [0.5, 0.6) is 0 Å². The lowest BCUT2D eigenvalue weighted by molar-refractivity contribution is 0.0953. The molecule has 0 aliphatic heterocycles. The van der Waals surface area contributed by atoms with Crippen LogP contribution in [0.25, 0.3) is 0 Å². The molecule has 0 fully saturated rings. The molecule has 25 heavy (non-hydrogen) atoms. The number of carbonyl (C=O) groups is 1. The number of sulfonamides is 1. The number of hydrogen-bond acceptors (Lipinski definition) is 3. The summed E-state index contributed by atoms with van der Waals surface area (Å²) in [5.41, 5.74) is 0.454. The zero-order valence-electron chi connectivity index (χ0n) is 13.8. The molecule has 0 spiro atoms. The SMILES string of the molecule is CCCNC(=O)c1cc(S(=O)(=O)Nc2ccc(F)cc2F)ccc1C. The first kappa shape index (κ1) is 18.9. The number of carbonyl (C=O) groups excluding carboxylic acids is 1. The summed E-state index contributed by atoms with van der Waals surface area (Å²) < 4.78 is 53.5. The van der Waals surface area contributed by atoms with Gasteiger partial charge in [-0.25, -0.2) is 17.2 Å². The van der Waals surface area contributed by atoms with Crippen LogP contribution >= 0.6 is 0 Å². The fourth-order valence-corrected chi connectivity index (χ4v) is 3.22. The highest BCUT2D eigenvalue weighted by atomic mass is 32.2. The summed E-state index contributed by atoms with van der Waals surface area (Å²) in [4.78, 5) is 11.9. The van der Waals surface area contributed by atoms with Gasteiger partial charge in [0.1, 0.15) is 11.6 Å². The van der Waals surface area contributed by atoms with Gasteiger partial charge in [-0.15, -0.1) is 0 Å². The summed E-state index contributed by atoms with van der Waals surface area (Å²) in [7, 11) is -4.13. The van der Waals surface area contributed by atoms with Gasteiger partial charge in [0.15, 0.2) is 0 Å². The zero-order chi connectivity index (χ0) is 18.6. The number of halogens is 2. The first-order valence-corrected chi connectivity index (χ1v) is 9.09. The Morgan fingerprint density at radius 1 is 1.12 bits per heavy atom. The Kier molecular flexibility index (Phi) is 5.73. The second kappa shape index (κ2) is 7.60. The van der Waals surface area contributed by atoms with Gasteiger partial charge in [0.05, 0.1) is 10.6 Å². The van der Waals surface area contributed by atoms with Crippen LogP contribution in [0, 0.1) is 18.6 Å². The van der Waals surface area contributed by atoms with Crippen molar-refractivity contribution in [3.05, 3.63) is 59.2 Å². The highest BCUT2D eigenvalue weighted by Gasteiger charge is 2.19. The average Bonchev–Trinajstić information content (AvgIpc) is 2.55. The molecule has 5 nitrogen and oxygen atoms in total. The standard InChI is InChI=1S/C17H18F2N2O3S/c1-3-8-20-17(22)14-10-13(6-4-11(14)2)25(23,24)21-16-7-5-12(18)9-15(16)19/h4-7,9-10,21H,3,8H2,1-2H3,(H,20,22). The van der Waals surface area contributed by atoms with E-state index in [4.69, 9.17) is 0 Å². The Bertz CT molecular complexity index is 899. The number of amides is 1. The molecule has 0 aromatic heterocycles. The summed E-state index contributed by atoms with van der Waals surface area (Å²) in [5, 5.41) is 2.68. The molecule has 134 valence electrons. The number of anilines is 1. The van der Waals surface area contributed by atoms with Gasteiger partial charge in [0.2, 0.25) is 0 Å². The molecule has 1 amide bonds. The van der Waals surface area contributed by atoms with Crippen LogP contribution in [0.3, 0.4) is 0 Å². The molecule has 0 atom stereocenters. The highest BCUT2D eigenvalue weighted by Crippen LogP contribution is 2.22. The minimum Gasteiger partial charge on any atom is -0.352 e. The second-order valence-electron chi connectivity index (χ2n) is 5.46. The van der Waals surface area contributed by atoms with Crippen molar-refractivity contribution in [2.45, 2.75) is 25.2 Å². The van der Waals surface area contributed by atoms with Crippen LogP contribution in [0.15, 0.2) is 41.3 Å². The van der Waals surface area contributed by atoms with Gasteiger partial charge < -0.3 is 5.32 Å². The van der Waals surface area contributed by atoms with Crippen LogP contribution < -0.4 is 10.0 Å². The molecule has 2 aromatic carbocycles. The molecule has 2 rings (SSSR count). The molecule has 0 saturated heterocycles. The smallest absolute Gasteiger partial charge is 0.262 e. The maximum Gasteiger partial charge on any atom is 0.262 e. The molecule has 0 radical (unpaired) electrons. The molecule has 2 N–H and O–H groups in total. The van der Waals surface area contributed by atoms with Crippen molar-refractivity contribution in [2.75, 3.05) is 11.3 Å². The van der Waals surface area contributed by atoms with Crippen molar-refractivity contribution in [3.8, 4) is 0 Å². The summed E-state index contributed by atoms with van der Waals surface area (Å²) in [6.07, 6.45) is 0.744. The van der Waals surface area contributed by atoms with Crippen molar-refractivity contribution < 1.29 is 22.0 Å². The number of nitrogens with one attached hydrogen (secondary N) is 2. The number of aryl methyl sites for hydroxylation is 1. The summed E-state index contributed by atoms with van der Waals surface area (Å²) in [5.74, 6) is -2.23. The third-order valence-electron chi connectivity index (χ3n) is 3.47. The Morgan fingerprint density at radius 3 is 2.48 bits per heavy atom. The third-order valence-corrected chi connectivity index (χ3v) is 4.84. The van der Waals surface area contributed by atoms with Crippen LogP contribution in [0.1, 0.15) is 29.3 Å². The normalized spacial score (nSPS) is 11.2. The number of benzene rings is 2. The predicted octanol–water partition coefficient (Wildman–Crippen LogP) is 3.21. The first-order valence-electron chi connectivity index (χ1n) is 7.61. The molecule has 0 heterocycles. The van der Waals surface area contributed by atoms with Gasteiger partial charge in [-0.3, -0.25) is 9.52 Å². The summed E-state index contributed by atoms with van der Waals surface area (Å²) in [6, 6.07) is 6.55. The zero-order valence-corrected chi connectivity index (χ0v) is 14.6. The van der Waals surface area contributed by atoms with E-state index in [2.05, 4.69) is 10.0 Å². The van der Waals surface area contributed by atoms with E-state index in [-0.39, 0.29) is 22.1 Å². The van der Waals surface area contributed by atoms with Crippen molar-refractivity contribution in [3.63, 3.8) is 0 Å². The molecule has 0 saturated carbocycles. The van der Waals surface area contributed by atoms with E-state index in [1.807, 2.05) is 6.92 Å². The van der Waals surface area contributed by atoms with E-state index in [1.54, 1.807) is 6.92 Å². The van der Waals surface area contributed by atoms with E-state index in [0.29, 0.717) is 18.2 Å². The Labute approximate surface area is 145 Å².